The van der Waals surface area contributed by atoms with Crippen molar-refractivity contribution in [3.05, 3.63) is 53.1 Å². The Bertz CT molecular complexity index is 885. The Balaban J connectivity index is 2.14. The van der Waals surface area contributed by atoms with E-state index in [9.17, 15) is 18.4 Å². The predicted octanol–water partition coefficient (Wildman–Crippen LogP) is 5.27. The molecule has 29 heavy (non-hydrogen) atoms. The fraction of sp³-hybridized carbons (Fsp3) is 0.333. The second-order valence-corrected chi connectivity index (χ2v) is 8.12. The first-order valence-corrected chi connectivity index (χ1v) is 10.00. The van der Waals surface area contributed by atoms with Gasteiger partial charge < -0.3 is 10.5 Å². The molecule has 0 aliphatic carbocycles. The highest BCUT2D eigenvalue weighted by Crippen LogP contribution is 2.35. The summed E-state index contributed by atoms with van der Waals surface area (Å²) in [7, 11) is 0. The van der Waals surface area contributed by atoms with Gasteiger partial charge in [-0.2, -0.15) is 0 Å². The van der Waals surface area contributed by atoms with Crippen LogP contribution in [0.1, 0.15) is 37.5 Å². The van der Waals surface area contributed by atoms with Crippen molar-refractivity contribution in [1.29, 1.82) is 0 Å². The predicted molar refractivity (Wildman–Crippen MR) is 112 cm³/mol. The van der Waals surface area contributed by atoms with Gasteiger partial charge in [-0.3, -0.25) is 14.9 Å². The number of imide groups is 1. The number of amides is 2. The summed E-state index contributed by atoms with van der Waals surface area (Å²) in [5.74, 6) is -2.12. The van der Waals surface area contributed by atoms with E-state index >= 15 is 0 Å². The Labute approximate surface area is 173 Å². The first-order valence-electron chi connectivity index (χ1n) is 9.12. The number of nitrogen functional groups attached to an aromatic ring is 1. The largest absolute Gasteiger partial charge is 0.455 e. The third-order valence-electron chi connectivity index (χ3n) is 4.30. The summed E-state index contributed by atoms with van der Waals surface area (Å²) < 4.78 is 32.6. The van der Waals surface area contributed by atoms with Crippen molar-refractivity contribution in [3.63, 3.8) is 0 Å². The van der Waals surface area contributed by atoms with Crippen LogP contribution in [0.5, 0.6) is 11.5 Å². The van der Waals surface area contributed by atoms with Gasteiger partial charge in [0.25, 0.3) is 11.2 Å². The molecule has 0 heterocycles. The number of benzene rings is 2. The molecule has 2 rings (SSSR count). The molecular formula is C21H24F2N2O3S. The number of rotatable bonds is 8. The van der Waals surface area contributed by atoms with Crippen molar-refractivity contribution in [2.75, 3.05) is 5.73 Å². The number of alkyl halides is 2. The zero-order valence-corrected chi connectivity index (χ0v) is 17.3. The van der Waals surface area contributed by atoms with Crippen LogP contribution < -0.4 is 15.8 Å². The second kappa shape index (κ2) is 9.73. The lowest BCUT2D eigenvalue weighted by molar-refractivity contribution is -0.108. The number of ether oxygens (including phenoxy) is 1. The van der Waals surface area contributed by atoms with Gasteiger partial charge in [0, 0.05) is 17.7 Å². The van der Waals surface area contributed by atoms with Gasteiger partial charge >= 0.3 is 0 Å². The van der Waals surface area contributed by atoms with E-state index in [-0.39, 0.29) is 21.7 Å². The standard InChI is InChI=1S/C21H24F2N2O3S/c1-4-14-10-17(7-5-15(14)9-13(2)29-20(27)25-12-26)28-19-8-6-16(11-18(19)24)21(3,22)23/h5-8,10-13H,4,9,24H2,1-3H3,(H,25,26,27). The lowest BCUT2D eigenvalue weighted by atomic mass is 10.0. The Hall–Kier alpha value is -2.61. The lowest BCUT2D eigenvalue weighted by Gasteiger charge is -2.16. The van der Waals surface area contributed by atoms with E-state index in [1.807, 2.05) is 26.0 Å². The van der Waals surface area contributed by atoms with Crippen LogP contribution in [0.2, 0.25) is 0 Å². The highest BCUT2D eigenvalue weighted by atomic mass is 32.2. The molecule has 0 aromatic heterocycles. The number of aryl methyl sites for hydroxylation is 1. The molecule has 5 nitrogen and oxygen atoms in total. The summed E-state index contributed by atoms with van der Waals surface area (Å²) in [6, 6.07) is 9.51. The Morgan fingerprint density at radius 1 is 1.28 bits per heavy atom. The van der Waals surface area contributed by atoms with Crippen molar-refractivity contribution in [2.24, 2.45) is 0 Å². The van der Waals surface area contributed by atoms with E-state index in [0.29, 0.717) is 24.3 Å². The molecule has 3 N–H and O–H groups in total. The van der Waals surface area contributed by atoms with Crippen molar-refractivity contribution in [3.8, 4) is 11.5 Å². The second-order valence-electron chi connectivity index (χ2n) is 6.71. The quantitative estimate of drug-likeness (QED) is 0.448. The molecule has 0 saturated heterocycles. The molecule has 0 spiro atoms. The fourth-order valence-corrected chi connectivity index (χ4v) is 3.60. The molecule has 0 radical (unpaired) electrons. The number of anilines is 1. The zero-order valence-electron chi connectivity index (χ0n) is 16.5. The highest BCUT2D eigenvalue weighted by Gasteiger charge is 2.25. The number of nitrogens with two attached hydrogens (primary N) is 1. The number of carbonyl (C=O) groups excluding carboxylic acids is 2. The molecule has 2 amide bonds. The minimum Gasteiger partial charge on any atom is -0.455 e. The van der Waals surface area contributed by atoms with E-state index < -0.39 is 5.92 Å². The van der Waals surface area contributed by atoms with Gasteiger partial charge in [0.1, 0.15) is 11.5 Å². The van der Waals surface area contributed by atoms with Crippen molar-refractivity contribution in [2.45, 2.75) is 44.8 Å². The molecule has 156 valence electrons. The topological polar surface area (TPSA) is 81.4 Å². The Morgan fingerprint density at radius 3 is 2.59 bits per heavy atom. The maximum Gasteiger partial charge on any atom is 0.285 e. The number of carbonyl (C=O) groups is 2. The van der Waals surface area contributed by atoms with Crippen LogP contribution >= 0.6 is 11.8 Å². The van der Waals surface area contributed by atoms with Crippen LogP contribution in [-0.2, 0) is 23.6 Å². The number of hydrogen-bond donors (Lipinski definition) is 2. The van der Waals surface area contributed by atoms with Crippen molar-refractivity contribution in [1.82, 2.24) is 5.32 Å². The molecule has 2 aromatic carbocycles. The van der Waals surface area contributed by atoms with Gasteiger partial charge in [0.05, 0.1) is 5.69 Å². The average molecular weight is 422 g/mol. The molecule has 0 fully saturated rings. The smallest absolute Gasteiger partial charge is 0.285 e. The summed E-state index contributed by atoms with van der Waals surface area (Å²) in [6.07, 6.45) is 1.76. The normalized spacial score (nSPS) is 12.3. The molecule has 0 saturated carbocycles. The molecule has 1 atom stereocenters. The maximum atomic E-state index is 13.4. The van der Waals surface area contributed by atoms with Gasteiger partial charge in [0.2, 0.25) is 6.41 Å². The third kappa shape index (κ3) is 6.45. The van der Waals surface area contributed by atoms with Gasteiger partial charge in [-0.05, 0) is 54.3 Å². The average Bonchev–Trinajstić information content (AvgIpc) is 2.63. The van der Waals surface area contributed by atoms with Crippen LogP contribution in [0.3, 0.4) is 0 Å². The molecule has 2 aromatic rings. The van der Waals surface area contributed by atoms with E-state index in [4.69, 9.17) is 10.5 Å². The van der Waals surface area contributed by atoms with E-state index in [0.717, 1.165) is 36.2 Å². The van der Waals surface area contributed by atoms with Crippen LogP contribution in [0.15, 0.2) is 36.4 Å². The maximum absolute atomic E-state index is 13.4. The molecule has 0 aliphatic heterocycles. The summed E-state index contributed by atoms with van der Waals surface area (Å²) in [5, 5.41) is 1.70. The number of hydrogen-bond acceptors (Lipinski definition) is 5. The monoisotopic (exact) mass is 422 g/mol. The van der Waals surface area contributed by atoms with Crippen molar-refractivity contribution < 1.29 is 23.1 Å². The Kier molecular flexibility index (Phi) is 7.61. The minimum atomic E-state index is -2.97. The highest BCUT2D eigenvalue weighted by molar-refractivity contribution is 8.14. The molecule has 0 bridgehead atoms. The van der Waals surface area contributed by atoms with E-state index in [1.165, 1.54) is 18.2 Å². The fourth-order valence-electron chi connectivity index (χ4n) is 2.85. The zero-order chi connectivity index (χ0) is 21.6. The molecule has 8 heteroatoms. The lowest BCUT2D eigenvalue weighted by Crippen LogP contribution is -2.19. The summed E-state index contributed by atoms with van der Waals surface area (Å²) in [4.78, 5) is 21.8. The van der Waals surface area contributed by atoms with Gasteiger partial charge in [-0.15, -0.1) is 0 Å². The molecule has 1 unspecified atom stereocenters. The SMILES string of the molecule is CCc1cc(Oc2ccc(C(C)(F)F)cc2N)ccc1CC(C)SC(=O)NC=O. The summed E-state index contributed by atoms with van der Waals surface area (Å²) >= 11 is 1.06. The number of nitrogens with one attached hydrogen (secondary N) is 1. The van der Waals surface area contributed by atoms with Crippen LogP contribution in [0.25, 0.3) is 0 Å². The number of thioether (sulfide) groups is 1. The minimum absolute atomic E-state index is 0.0223. The molecular weight excluding hydrogens is 398 g/mol. The third-order valence-corrected chi connectivity index (χ3v) is 5.20. The van der Waals surface area contributed by atoms with Crippen molar-refractivity contribution >= 4 is 29.1 Å². The van der Waals surface area contributed by atoms with Crippen LogP contribution in [-0.4, -0.2) is 16.9 Å². The van der Waals surface area contributed by atoms with E-state index in [1.54, 1.807) is 6.07 Å². The Morgan fingerprint density at radius 2 is 2.00 bits per heavy atom. The van der Waals surface area contributed by atoms with E-state index in [2.05, 4.69) is 5.32 Å². The number of halogens is 2. The van der Waals surface area contributed by atoms with Crippen LogP contribution in [0, 0.1) is 0 Å². The first kappa shape index (κ1) is 22.7. The summed E-state index contributed by atoms with van der Waals surface area (Å²) in [6.45, 7) is 4.73. The molecule has 0 aliphatic rings. The van der Waals surface area contributed by atoms with Gasteiger partial charge in [0.15, 0.2) is 0 Å². The van der Waals surface area contributed by atoms with Gasteiger partial charge in [-0.1, -0.05) is 31.7 Å². The first-order chi connectivity index (χ1) is 13.6. The summed E-state index contributed by atoms with van der Waals surface area (Å²) in [5.41, 5.74) is 7.95. The van der Waals surface area contributed by atoms with Crippen LogP contribution in [0.4, 0.5) is 19.3 Å². The van der Waals surface area contributed by atoms with Gasteiger partial charge in [-0.25, -0.2) is 8.78 Å².